The number of hydrogen-bond donors (Lipinski definition) is 1. The van der Waals surface area contributed by atoms with E-state index < -0.39 is 0 Å². The molecule has 74 valence electrons. The monoisotopic (exact) mass is 181 g/mol. The van der Waals surface area contributed by atoms with Crippen molar-refractivity contribution < 1.29 is 4.79 Å². The zero-order chi connectivity index (χ0) is 9.26. The number of hydrogen-bond acceptors (Lipinski definition) is 1. The summed E-state index contributed by atoms with van der Waals surface area (Å²) >= 11 is 0. The van der Waals surface area contributed by atoms with E-state index in [2.05, 4.69) is 12.2 Å². The zero-order valence-electron chi connectivity index (χ0n) is 8.38. The predicted octanol–water partition coefficient (Wildman–Crippen LogP) is 2.09. The molecule has 0 radical (unpaired) electrons. The minimum atomic E-state index is 0.293. The average Bonchev–Trinajstić information content (AvgIpc) is 2.61. The van der Waals surface area contributed by atoms with Crippen molar-refractivity contribution in [2.24, 2.45) is 11.8 Å². The third-order valence-electron chi connectivity index (χ3n) is 3.40. The van der Waals surface area contributed by atoms with Crippen molar-refractivity contribution in [2.75, 3.05) is 0 Å². The first kappa shape index (κ1) is 9.04. The summed E-state index contributed by atoms with van der Waals surface area (Å²) in [7, 11) is 0. The SMILES string of the molecule is C[C@@H]1C[C@H]1NC(=O)CC1CCCC1. The summed E-state index contributed by atoms with van der Waals surface area (Å²) in [5.74, 6) is 1.71. The highest BCUT2D eigenvalue weighted by Crippen LogP contribution is 2.31. The van der Waals surface area contributed by atoms with E-state index in [1.807, 2.05) is 0 Å². The second-order valence-electron chi connectivity index (χ2n) is 4.74. The maximum absolute atomic E-state index is 11.5. The van der Waals surface area contributed by atoms with E-state index >= 15 is 0 Å². The highest BCUT2D eigenvalue weighted by molar-refractivity contribution is 5.76. The molecule has 0 heterocycles. The Bertz CT molecular complexity index is 196. The molecule has 0 aromatic heterocycles. The highest BCUT2D eigenvalue weighted by atomic mass is 16.1. The molecule has 2 atom stereocenters. The Balaban J connectivity index is 1.66. The number of rotatable bonds is 3. The molecule has 1 N–H and O–H groups in total. The van der Waals surface area contributed by atoms with Gasteiger partial charge in [-0.15, -0.1) is 0 Å². The van der Waals surface area contributed by atoms with Gasteiger partial charge in [-0.05, 0) is 31.1 Å². The van der Waals surface area contributed by atoms with Crippen molar-refractivity contribution in [3.63, 3.8) is 0 Å². The lowest BCUT2D eigenvalue weighted by molar-refractivity contribution is -0.122. The van der Waals surface area contributed by atoms with Crippen LogP contribution in [0.4, 0.5) is 0 Å². The Morgan fingerprint density at radius 1 is 1.38 bits per heavy atom. The highest BCUT2D eigenvalue weighted by Gasteiger charge is 2.34. The molecule has 2 aliphatic rings. The fourth-order valence-corrected chi connectivity index (χ4v) is 2.27. The summed E-state index contributed by atoms with van der Waals surface area (Å²) in [5, 5.41) is 3.09. The summed E-state index contributed by atoms with van der Waals surface area (Å²) in [5.41, 5.74) is 0. The first-order valence-corrected chi connectivity index (χ1v) is 5.55. The van der Waals surface area contributed by atoms with Gasteiger partial charge in [0.15, 0.2) is 0 Å². The van der Waals surface area contributed by atoms with E-state index in [1.165, 1.54) is 32.1 Å². The third kappa shape index (κ3) is 2.45. The van der Waals surface area contributed by atoms with Crippen LogP contribution in [0.5, 0.6) is 0 Å². The van der Waals surface area contributed by atoms with E-state index in [4.69, 9.17) is 0 Å². The van der Waals surface area contributed by atoms with Crippen LogP contribution in [-0.2, 0) is 4.79 Å². The van der Waals surface area contributed by atoms with E-state index in [-0.39, 0.29) is 0 Å². The molecule has 0 aromatic carbocycles. The second-order valence-corrected chi connectivity index (χ2v) is 4.74. The van der Waals surface area contributed by atoms with Gasteiger partial charge >= 0.3 is 0 Å². The normalized spacial score (nSPS) is 33.3. The average molecular weight is 181 g/mol. The molecule has 1 amide bonds. The van der Waals surface area contributed by atoms with Crippen LogP contribution in [0, 0.1) is 11.8 Å². The number of nitrogens with one attached hydrogen (secondary N) is 1. The molecule has 2 heteroatoms. The predicted molar refractivity (Wildman–Crippen MR) is 52.3 cm³/mol. The quantitative estimate of drug-likeness (QED) is 0.709. The fraction of sp³-hybridized carbons (Fsp3) is 0.909. The standard InChI is InChI=1S/C11H19NO/c1-8-6-10(8)12-11(13)7-9-4-2-3-5-9/h8-10H,2-7H2,1H3,(H,12,13)/t8-,10-/m1/s1. The Morgan fingerprint density at radius 3 is 2.54 bits per heavy atom. The molecular formula is C11H19NO. The van der Waals surface area contributed by atoms with Gasteiger partial charge < -0.3 is 5.32 Å². The maximum atomic E-state index is 11.5. The lowest BCUT2D eigenvalue weighted by atomic mass is 10.0. The minimum Gasteiger partial charge on any atom is -0.353 e. The summed E-state index contributed by atoms with van der Waals surface area (Å²) in [6, 6.07) is 0.508. The molecule has 2 saturated carbocycles. The van der Waals surface area contributed by atoms with Crippen LogP contribution >= 0.6 is 0 Å². The zero-order valence-corrected chi connectivity index (χ0v) is 8.38. The van der Waals surface area contributed by atoms with Crippen LogP contribution in [0.25, 0.3) is 0 Å². The van der Waals surface area contributed by atoms with Gasteiger partial charge in [0.2, 0.25) is 5.91 Å². The lowest BCUT2D eigenvalue weighted by Crippen LogP contribution is -2.27. The van der Waals surface area contributed by atoms with Gasteiger partial charge in [-0.25, -0.2) is 0 Å². The van der Waals surface area contributed by atoms with E-state index in [0.29, 0.717) is 17.9 Å². The van der Waals surface area contributed by atoms with Gasteiger partial charge in [-0.3, -0.25) is 4.79 Å². The Morgan fingerprint density at radius 2 is 2.00 bits per heavy atom. The lowest BCUT2D eigenvalue weighted by Gasteiger charge is -2.08. The van der Waals surface area contributed by atoms with Crippen LogP contribution < -0.4 is 5.32 Å². The van der Waals surface area contributed by atoms with Crippen molar-refractivity contribution in [3.8, 4) is 0 Å². The van der Waals surface area contributed by atoms with Gasteiger partial charge in [0.1, 0.15) is 0 Å². The molecule has 0 aromatic rings. The summed E-state index contributed by atoms with van der Waals surface area (Å²) in [6.45, 7) is 2.19. The Labute approximate surface area is 80.1 Å². The molecule has 2 nitrogen and oxygen atoms in total. The largest absolute Gasteiger partial charge is 0.353 e. The van der Waals surface area contributed by atoms with Crippen molar-refractivity contribution in [1.82, 2.24) is 5.32 Å². The van der Waals surface area contributed by atoms with Crippen molar-refractivity contribution in [3.05, 3.63) is 0 Å². The number of amides is 1. The maximum Gasteiger partial charge on any atom is 0.220 e. The molecule has 2 fully saturated rings. The second kappa shape index (κ2) is 3.69. The molecule has 0 saturated heterocycles. The fourth-order valence-electron chi connectivity index (χ4n) is 2.27. The Hall–Kier alpha value is -0.530. The minimum absolute atomic E-state index is 0.293. The van der Waals surface area contributed by atoms with Gasteiger partial charge in [-0.1, -0.05) is 19.8 Å². The van der Waals surface area contributed by atoms with Crippen molar-refractivity contribution >= 4 is 5.91 Å². The van der Waals surface area contributed by atoms with Crippen LogP contribution in [0.1, 0.15) is 45.4 Å². The van der Waals surface area contributed by atoms with Crippen LogP contribution in [-0.4, -0.2) is 11.9 Å². The van der Waals surface area contributed by atoms with Crippen LogP contribution in [0.15, 0.2) is 0 Å². The Kier molecular flexibility index (Phi) is 2.56. The van der Waals surface area contributed by atoms with E-state index in [0.717, 1.165) is 12.3 Å². The first-order valence-electron chi connectivity index (χ1n) is 5.55. The number of carbonyl (C=O) groups excluding carboxylic acids is 1. The topological polar surface area (TPSA) is 29.1 Å². The molecule has 13 heavy (non-hydrogen) atoms. The van der Waals surface area contributed by atoms with E-state index in [9.17, 15) is 4.79 Å². The van der Waals surface area contributed by atoms with Gasteiger partial charge in [0, 0.05) is 12.5 Å². The molecule has 2 rings (SSSR count). The molecule has 0 bridgehead atoms. The van der Waals surface area contributed by atoms with Crippen LogP contribution in [0.2, 0.25) is 0 Å². The first-order chi connectivity index (χ1) is 6.25. The van der Waals surface area contributed by atoms with Gasteiger partial charge in [0.05, 0.1) is 0 Å². The van der Waals surface area contributed by atoms with Crippen molar-refractivity contribution in [2.45, 2.75) is 51.5 Å². The molecule has 2 aliphatic carbocycles. The summed E-state index contributed by atoms with van der Waals surface area (Å²) < 4.78 is 0. The van der Waals surface area contributed by atoms with E-state index in [1.54, 1.807) is 0 Å². The molecule has 0 spiro atoms. The molecule has 0 aliphatic heterocycles. The summed E-state index contributed by atoms with van der Waals surface area (Å²) in [6.07, 6.45) is 7.18. The van der Waals surface area contributed by atoms with Gasteiger partial charge in [0.25, 0.3) is 0 Å². The van der Waals surface area contributed by atoms with Crippen molar-refractivity contribution in [1.29, 1.82) is 0 Å². The smallest absolute Gasteiger partial charge is 0.220 e. The molecule has 0 unspecified atom stereocenters. The summed E-state index contributed by atoms with van der Waals surface area (Å²) in [4.78, 5) is 11.5. The van der Waals surface area contributed by atoms with Gasteiger partial charge in [-0.2, -0.15) is 0 Å². The third-order valence-corrected chi connectivity index (χ3v) is 3.40. The molecular weight excluding hydrogens is 162 g/mol. The van der Waals surface area contributed by atoms with Crippen LogP contribution in [0.3, 0.4) is 0 Å². The number of carbonyl (C=O) groups is 1.